The quantitative estimate of drug-likeness (QED) is 0.621. The standard InChI is InChI=1S/C12H19NO3S/c1-8(14)13-12(17(13,15)16)7-9-5-6-11(12,4)10(9,2)3/h9H,5-7H2,1-4H3. The van der Waals surface area contributed by atoms with Crippen LogP contribution in [0.4, 0.5) is 0 Å². The summed E-state index contributed by atoms with van der Waals surface area (Å²) in [4.78, 5) is 10.7. The van der Waals surface area contributed by atoms with Crippen molar-refractivity contribution in [1.29, 1.82) is 0 Å². The molecular formula is C12H19NO3S. The molecule has 2 saturated carbocycles. The largest absolute Gasteiger partial charge is 0.274 e. The molecule has 2 aliphatic carbocycles. The van der Waals surface area contributed by atoms with E-state index in [0.29, 0.717) is 12.3 Å². The molecule has 17 heavy (non-hydrogen) atoms. The van der Waals surface area contributed by atoms with Crippen molar-refractivity contribution in [3.05, 3.63) is 0 Å². The van der Waals surface area contributed by atoms with Crippen LogP contribution in [-0.2, 0) is 14.8 Å². The van der Waals surface area contributed by atoms with Crippen molar-refractivity contribution >= 4 is 15.9 Å². The van der Waals surface area contributed by atoms with Crippen LogP contribution in [0.2, 0.25) is 0 Å². The van der Waals surface area contributed by atoms with Gasteiger partial charge in [-0.2, -0.15) is 0 Å². The van der Waals surface area contributed by atoms with Gasteiger partial charge in [0.05, 0.1) is 0 Å². The van der Waals surface area contributed by atoms with E-state index in [0.717, 1.165) is 17.1 Å². The molecule has 3 unspecified atom stereocenters. The second kappa shape index (κ2) is 2.56. The summed E-state index contributed by atoms with van der Waals surface area (Å²) in [5.74, 6) is 0.0983. The van der Waals surface area contributed by atoms with E-state index in [1.165, 1.54) is 6.92 Å². The molecule has 5 heteroatoms. The van der Waals surface area contributed by atoms with E-state index in [2.05, 4.69) is 20.8 Å². The lowest BCUT2D eigenvalue weighted by Crippen LogP contribution is -2.42. The first-order valence-electron chi connectivity index (χ1n) is 6.18. The maximum absolute atomic E-state index is 12.3. The summed E-state index contributed by atoms with van der Waals surface area (Å²) in [5, 5.41) is 0. The van der Waals surface area contributed by atoms with Crippen molar-refractivity contribution in [2.45, 2.75) is 51.8 Å². The van der Waals surface area contributed by atoms with E-state index >= 15 is 0 Å². The van der Waals surface area contributed by atoms with E-state index in [1.807, 2.05) is 0 Å². The number of carbonyl (C=O) groups is 1. The Morgan fingerprint density at radius 2 is 1.88 bits per heavy atom. The molecule has 4 nitrogen and oxygen atoms in total. The van der Waals surface area contributed by atoms with Crippen LogP contribution >= 0.6 is 0 Å². The van der Waals surface area contributed by atoms with Gasteiger partial charge in [-0.15, -0.1) is 0 Å². The number of sulfonamides is 1. The molecule has 0 aromatic carbocycles. The zero-order chi connectivity index (χ0) is 12.9. The highest BCUT2D eigenvalue weighted by Gasteiger charge is 2.87. The number of carbonyl (C=O) groups excluding carboxylic acids is 1. The SMILES string of the molecule is CC(=O)N1C2(CC3CCC2(C)C3(C)C)S1(=O)=O. The molecule has 3 fully saturated rings. The highest BCUT2D eigenvalue weighted by Crippen LogP contribution is 2.78. The molecular weight excluding hydrogens is 238 g/mol. The third-order valence-electron chi connectivity index (χ3n) is 6.07. The summed E-state index contributed by atoms with van der Waals surface area (Å²) in [6.45, 7) is 7.73. The highest BCUT2D eigenvalue weighted by molar-refractivity contribution is 7.97. The molecule has 1 amide bonds. The molecule has 1 aliphatic heterocycles. The molecule has 0 aromatic heterocycles. The summed E-state index contributed by atoms with van der Waals surface area (Å²) in [6, 6.07) is 0. The van der Waals surface area contributed by atoms with Gasteiger partial charge < -0.3 is 0 Å². The minimum atomic E-state index is -3.37. The van der Waals surface area contributed by atoms with Crippen molar-refractivity contribution in [2.75, 3.05) is 0 Å². The Kier molecular flexibility index (Phi) is 1.73. The summed E-state index contributed by atoms with van der Waals surface area (Å²) in [6.07, 6.45) is 2.64. The minimum absolute atomic E-state index is 0.00424. The van der Waals surface area contributed by atoms with Gasteiger partial charge in [-0.25, -0.2) is 12.7 Å². The van der Waals surface area contributed by atoms with Gasteiger partial charge >= 0.3 is 0 Å². The molecule has 0 N–H and O–H groups in total. The first-order chi connectivity index (χ1) is 7.63. The number of hydrogen-bond acceptors (Lipinski definition) is 3. The monoisotopic (exact) mass is 257 g/mol. The maximum atomic E-state index is 12.3. The smallest absolute Gasteiger partial charge is 0.264 e. The van der Waals surface area contributed by atoms with Crippen molar-refractivity contribution in [3.63, 3.8) is 0 Å². The number of nitrogens with zero attached hydrogens (tertiary/aromatic N) is 1. The second-order valence-electron chi connectivity index (χ2n) is 6.57. The Labute approximate surface area is 102 Å². The van der Waals surface area contributed by atoms with Crippen molar-refractivity contribution in [2.24, 2.45) is 16.7 Å². The zero-order valence-corrected chi connectivity index (χ0v) is 11.6. The van der Waals surface area contributed by atoms with E-state index < -0.39 is 14.9 Å². The molecule has 0 radical (unpaired) electrons. The fourth-order valence-corrected chi connectivity index (χ4v) is 7.47. The molecule has 1 spiro atoms. The van der Waals surface area contributed by atoms with Crippen LogP contribution in [0.3, 0.4) is 0 Å². The molecule has 3 rings (SSSR count). The van der Waals surface area contributed by atoms with Crippen molar-refractivity contribution in [3.8, 4) is 0 Å². The second-order valence-corrected chi connectivity index (χ2v) is 8.56. The molecule has 1 saturated heterocycles. The third-order valence-corrected chi connectivity index (χ3v) is 8.60. The topological polar surface area (TPSA) is 54.2 Å². The molecule has 96 valence electrons. The van der Waals surface area contributed by atoms with E-state index in [4.69, 9.17) is 0 Å². The average Bonchev–Trinajstić information content (AvgIpc) is 2.50. The molecule has 0 aromatic rings. The van der Waals surface area contributed by atoms with Crippen LogP contribution in [0.25, 0.3) is 0 Å². The number of amides is 1. The van der Waals surface area contributed by atoms with Crippen LogP contribution in [0.1, 0.15) is 47.0 Å². The Hall–Kier alpha value is -0.580. The molecule has 2 bridgehead atoms. The van der Waals surface area contributed by atoms with Gasteiger partial charge in [-0.05, 0) is 30.6 Å². The summed E-state index contributed by atoms with van der Waals surface area (Å²) in [5.41, 5.74) is -0.278. The van der Waals surface area contributed by atoms with E-state index in [-0.39, 0.29) is 16.7 Å². The molecule has 3 aliphatic rings. The van der Waals surface area contributed by atoms with Crippen molar-refractivity contribution in [1.82, 2.24) is 4.31 Å². The predicted octanol–water partition coefficient (Wildman–Crippen LogP) is 1.72. The summed E-state index contributed by atoms with van der Waals surface area (Å²) in [7, 11) is -3.37. The summed E-state index contributed by atoms with van der Waals surface area (Å²) >= 11 is 0. The fraction of sp³-hybridized carbons (Fsp3) is 0.917. The minimum Gasteiger partial charge on any atom is -0.274 e. The number of rotatable bonds is 0. The normalized spacial score (nSPS) is 48.7. The van der Waals surface area contributed by atoms with Crippen LogP contribution in [0, 0.1) is 16.7 Å². The Balaban J connectivity index is 2.19. The maximum Gasteiger partial charge on any atom is 0.264 e. The third kappa shape index (κ3) is 0.842. The predicted molar refractivity (Wildman–Crippen MR) is 63.4 cm³/mol. The Bertz CT molecular complexity index is 524. The first-order valence-corrected chi connectivity index (χ1v) is 7.62. The lowest BCUT2D eigenvalue weighted by molar-refractivity contribution is -0.125. The van der Waals surface area contributed by atoms with Crippen LogP contribution < -0.4 is 0 Å². The number of hydrogen-bond donors (Lipinski definition) is 0. The van der Waals surface area contributed by atoms with E-state index in [9.17, 15) is 13.2 Å². The molecule has 3 atom stereocenters. The average molecular weight is 257 g/mol. The summed E-state index contributed by atoms with van der Waals surface area (Å²) < 4.78 is 25.7. The molecule has 1 heterocycles. The van der Waals surface area contributed by atoms with Gasteiger partial charge in [0, 0.05) is 12.3 Å². The van der Waals surface area contributed by atoms with Gasteiger partial charge in [0.15, 0.2) is 4.87 Å². The van der Waals surface area contributed by atoms with Gasteiger partial charge in [0.2, 0.25) is 5.91 Å². The zero-order valence-electron chi connectivity index (χ0n) is 10.8. The van der Waals surface area contributed by atoms with Crippen molar-refractivity contribution < 1.29 is 13.2 Å². The van der Waals surface area contributed by atoms with Crippen LogP contribution in [-0.4, -0.2) is 23.5 Å². The van der Waals surface area contributed by atoms with E-state index in [1.54, 1.807) is 0 Å². The van der Waals surface area contributed by atoms with Gasteiger partial charge in [0.1, 0.15) is 0 Å². The Morgan fingerprint density at radius 1 is 1.29 bits per heavy atom. The Morgan fingerprint density at radius 3 is 2.18 bits per heavy atom. The highest BCUT2D eigenvalue weighted by atomic mass is 32.2. The lowest BCUT2D eigenvalue weighted by Gasteiger charge is -2.37. The number of fused-ring (bicyclic) bond motifs is 3. The van der Waals surface area contributed by atoms with Crippen LogP contribution in [0.5, 0.6) is 0 Å². The van der Waals surface area contributed by atoms with Crippen LogP contribution in [0.15, 0.2) is 0 Å². The van der Waals surface area contributed by atoms with Gasteiger partial charge in [0.25, 0.3) is 10.0 Å². The fourth-order valence-electron chi connectivity index (χ4n) is 4.62. The van der Waals surface area contributed by atoms with Gasteiger partial charge in [-0.1, -0.05) is 20.8 Å². The first kappa shape index (κ1) is 11.5. The van der Waals surface area contributed by atoms with Gasteiger partial charge in [-0.3, -0.25) is 4.79 Å². The lowest BCUT2D eigenvalue weighted by atomic mass is 9.69.